The Balaban J connectivity index is 0.725. The lowest BCUT2D eigenvalue weighted by atomic mass is 9.69. The van der Waals surface area contributed by atoms with E-state index >= 15 is 0 Å². The molecule has 344 valence electrons. The quantitative estimate of drug-likeness (QED) is 0.170. The standard InChI is InChI=1S/C52H68N4O8/c1-7-9-20-52-21-19-27(25-52)37-41(52)49(64)54(44(37)59)32-17-13-29(14-18-32)50(3,4)55-43(58)35-24-34-39(40(35)48(55)63)45(60)53(42(34)57)31-15-11-30(12-16-31)51(5,6)56-46(61)36-28-22-26(10-8-2)33(23-28)38(36)47(56)62/h7-8,26-41H,1-2,9-25H2,3-6H3/t26?,27?,28?,29?,30?,31?,32?,33?,34?,35?,36?,37?,38?,39?,40?,41?,52-/m1/s1. The van der Waals surface area contributed by atoms with Crippen LogP contribution < -0.4 is 0 Å². The Morgan fingerprint density at radius 3 is 1.69 bits per heavy atom. The number of likely N-dealkylation sites (tertiary alicyclic amines) is 4. The van der Waals surface area contributed by atoms with E-state index in [1.165, 1.54) is 9.80 Å². The molecule has 4 saturated heterocycles. The minimum Gasteiger partial charge on any atom is -0.279 e. The highest BCUT2D eigenvalue weighted by atomic mass is 16.2. The Kier molecular flexibility index (Phi) is 9.68. The molecule has 4 heterocycles. The summed E-state index contributed by atoms with van der Waals surface area (Å²) in [5.74, 6) is -4.03. The number of allylic oxidation sites excluding steroid dienone is 2. The van der Waals surface area contributed by atoms with Gasteiger partial charge in [-0.25, -0.2) is 0 Å². The summed E-state index contributed by atoms with van der Waals surface area (Å²) in [6.07, 6.45) is 16.7. The highest BCUT2D eigenvalue weighted by molar-refractivity contribution is 6.14. The van der Waals surface area contributed by atoms with Crippen LogP contribution in [0.2, 0.25) is 0 Å². The van der Waals surface area contributed by atoms with Gasteiger partial charge in [0, 0.05) is 23.2 Å². The summed E-state index contributed by atoms with van der Waals surface area (Å²) in [7, 11) is 0. The number of rotatable bonds is 11. The van der Waals surface area contributed by atoms with E-state index in [0.717, 1.165) is 51.4 Å². The number of hydrogen-bond donors (Lipinski definition) is 0. The van der Waals surface area contributed by atoms with Crippen LogP contribution in [0, 0.1) is 88.3 Å². The minimum atomic E-state index is -0.860. The predicted molar refractivity (Wildman–Crippen MR) is 233 cm³/mol. The maximum Gasteiger partial charge on any atom is 0.234 e. The van der Waals surface area contributed by atoms with Crippen LogP contribution in [0.4, 0.5) is 0 Å². The zero-order valence-corrected chi connectivity index (χ0v) is 38.4. The van der Waals surface area contributed by atoms with Crippen LogP contribution in [0.3, 0.4) is 0 Å². The fourth-order valence-electron chi connectivity index (χ4n) is 17.9. The molecule has 0 aromatic heterocycles. The molecular weight excluding hydrogens is 809 g/mol. The van der Waals surface area contributed by atoms with Gasteiger partial charge in [0.1, 0.15) is 0 Å². The molecule has 13 atom stereocenters. The molecule has 12 heteroatoms. The lowest BCUT2D eigenvalue weighted by Crippen LogP contribution is -2.55. The summed E-state index contributed by atoms with van der Waals surface area (Å²) < 4.78 is 0. The number of fused-ring (bicyclic) bond motifs is 13. The summed E-state index contributed by atoms with van der Waals surface area (Å²) >= 11 is 0. The van der Waals surface area contributed by atoms with Crippen molar-refractivity contribution >= 4 is 47.3 Å². The molecular formula is C52H68N4O8. The summed E-state index contributed by atoms with van der Waals surface area (Å²) in [4.78, 5) is 120. The van der Waals surface area contributed by atoms with Gasteiger partial charge < -0.3 is 0 Å². The first kappa shape index (κ1) is 42.7. The molecule has 4 aliphatic heterocycles. The van der Waals surface area contributed by atoms with Crippen LogP contribution in [-0.4, -0.2) is 90.0 Å². The van der Waals surface area contributed by atoms with Gasteiger partial charge in [-0.15, -0.1) is 13.2 Å². The van der Waals surface area contributed by atoms with Crippen molar-refractivity contribution in [3.8, 4) is 0 Å². The second-order valence-electron chi connectivity index (χ2n) is 23.9. The second kappa shape index (κ2) is 14.5. The largest absolute Gasteiger partial charge is 0.279 e. The number of amides is 8. The molecule has 0 spiro atoms. The molecule has 0 radical (unpaired) electrons. The smallest absolute Gasteiger partial charge is 0.234 e. The van der Waals surface area contributed by atoms with Crippen molar-refractivity contribution < 1.29 is 38.4 Å². The van der Waals surface area contributed by atoms with Crippen LogP contribution in [-0.2, 0) is 38.4 Å². The first-order chi connectivity index (χ1) is 30.5. The molecule has 11 aliphatic rings. The van der Waals surface area contributed by atoms with Gasteiger partial charge in [-0.3, -0.25) is 58.0 Å². The Morgan fingerprint density at radius 1 is 0.547 bits per heavy atom. The molecule has 12 unspecified atom stereocenters. The number of imide groups is 4. The van der Waals surface area contributed by atoms with Crippen molar-refractivity contribution in [3.05, 3.63) is 25.3 Å². The highest BCUT2D eigenvalue weighted by Gasteiger charge is 2.71. The molecule has 0 aromatic rings. The Hall–Kier alpha value is -3.96. The van der Waals surface area contributed by atoms with E-state index in [9.17, 15) is 38.4 Å². The molecule has 4 bridgehead atoms. The van der Waals surface area contributed by atoms with E-state index < -0.39 is 34.7 Å². The van der Waals surface area contributed by atoms with Crippen molar-refractivity contribution in [2.45, 2.75) is 160 Å². The maximum atomic E-state index is 14.6. The van der Waals surface area contributed by atoms with Gasteiger partial charge in [0.05, 0.1) is 47.3 Å². The average molecular weight is 877 g/mol. The van der Waals surface area contributed by atoms with Crippen molar-refractivity contribution in [2.75, 3.05) is 0 Å². The zero-order valence-electron chi connectivity index (χ0n) is 38.4. The van der Waals surface area contributed by atoms with Gasteiger partial charge in [-0.2, -0.15) is 0 Å². The molecule has 11 fully saturated rings. The summed E-state index contributed by atoms with van der Waals surface area (Å²) in [6.45, 7) is 15.7. The number of carbonyl (C=O) groups excluding carboxylic acids is 8. The van der Waals surface area contributed by atoms with Gasteiger partial charge >= 0.3 is 0 Å². The Bertz CT molecular complexity index is 2140. The lowest BCUT2D eigenvalue weighted by Gasteiger charge is -2.45. The van der Waals surface area contributed by atoms with Gasteiger partial charge in [-0.1, -0.05) is 12.2 Å². The van der Waals surface area contributed by atoms with Crippen molar-refractivity contribution in [2.24, 2.45) is 88.3 Å². The van der Waals surface area contributed by atoms with E-state index in [-0.39, 0.29) is 124 Å². The predicted octanol–water partition coefficient (Wildman–Crippen LogP) is 6.47. The summed E-state index contributed by atoms with van der Waals surface area (Å²) in [5, 5.41) is 0. The lowest BCUT2D eigenvalue weighted by molar-refractivity contribution is -0.153. The zero-order chi connectivity index (χ0) is 45.1. The van der Waals surface area contributed by atoms with E-state index in [0.29, 0.717) is 57.3 Å². The van der Waals surface area contributed by atoms with Gasteiger partial charge in [0.2, 0.25) is 47.3 Å². The number of hydrogen-bond acceptors (Lipinski definition) is 8. The monoisotopic (exact) mass is 877 g/mol. The van der Waals surface area contributed by atoms with Gasteiger partial charge in [-0.05, 0) is 178 Å². The fraction of sp³-hybridized carbons (Fsp3) is 0.769. The number of carbonyl (C=O) groups is 8. The van der Waals surface area contributed by atoms with Crippen molar-refractivity contribution in [1.82, 2.24) is 19.6 Å². The third-order valence-electron chi connectivity index (χ3n) is 20.9. The molecule has 7 saturated carbocycles. The molecule has 7 aliphatic carbocycles. The molecule has 64 heavy (non-hydrogen) atoms. The molecule has 0 N–H and O–H groups in total. The number of nitrogens with zero attached hydrogens (tertiary/aromatic N) is 4. The molecule has 11 rings (SSSR count). The van der Waals surface area contributed by atoms with Crippen molar-refractivity contribution in [3.63, 3.8) is 0 Å². The van der Waals surface area contributed by atoms with Crippen LogP contribution in [0.25, 0.3) is 0 Å². The van der Waals surface area contributed by atoms with E-state index in [2.05, 4.69) is 13.2 Å². The minimum absolute atomic E-state index is 0.0122. The van der Waals surface area contributed by atoms with Crippen LogP contribution >= 0.6 is 0 Å². The van der Waals surface area contributed by atoms with E-state index in [1.807, 2.05) is 39.8 Å². The third kappa shape index (κ3) is 5.52. The van der Waals surface area contributed by atoms with E-state index in [1.54, 1.807) is 9.80 Å². The average Bonchev–Trinajstić information content (AvgIpc) is 4.15. The topological polar surface area (TPSA) is 150 Å². The SMILES string of the molecule is C=CCC[C@@]12CCC(C1)C1C(=O)N(C3CCC(C(C)(C)N4C(=O)C5CC6C(=O)N(C7CCC(C(C)(C)N8C(=O)C9C%10CC(CC=C)C(C%10)C9C8=O)CC7)C(=O)C6C5C4=O)CC3)C(=O)C12. The summed E-state index contributed by atoms with van der Waals surface area (Å²) in [5.41, 5.74) is -1.63. The van der Waals surface area contributed by atoms with E-state index in [4.69, 9.17) is 0 Å². The van der Waals surface area contributed by atoms with Crippen LogP contribution in [0.1, 0.15) is 137 Å². The maximum absolute atomic E-state index is 14.6. The normalized spacial score (nSPS) is 44.8. The Labute approximate surface area is 377 Å². The van der Waals surface area contributed by atoms with Crippen LogP contribution in [0.5, 0.6) is 0 Å². The second-order valence-corrected chi connectivity index (χ2v) is 23.9. The van der Waals surface area contributed by atoms with Crippen molar-refractivity contribution in [1.29, 1.82) is 0 Å². The van der Waals surface area contributed by atoms with Crippen LogP contribution in [0.15, 0.2) is 25.3 Å². The first-order valence-electron chi connectivity index (χ1n) is 25.2. The first-order valence-corrected chi connectivity index (χ1v) is 25.2. The molecule has 12 nitrogen and oxygen atoms in total. The molecule has 8 amide bonds. The third-order valence-corrected chi connectivity index (χ3v) is 20.9. The van der Waals surface area contributed by atoms with Gasteiger partial charge in [0.25, 0.3) is 0 Å². The Morgan fingerprint density at radius 2 is 1.08 bits per heavy atom. The van der Waals surface area contributed by atoms with Gasteiger partial charge in [0.15, 0.2) is 0 Å². The fourth-order valence-corrected chi connectivity index (χ4v) is 17.9. The highest BCUT2D eigenvalue weighted by Crippen LogP contribution is 2.66. The summed E-state index contributed by atoms with van der Waals surface area (Å²) in [6, 6.07) is -0.504. The molecule has 0 aromatic carbocycles.